The van der Waals surface area contributed by atoms with Crippen molar-refractivity contribution in [2.45, 2.75) is 6.42 Å². The summed E-state index contributed by atoms with van der Waals surface area (Å²) in [6.45, 7) is 0.187. The van der Waals surface area contributed by atoms with Crippen LogP contribution in [0.25, 0.3) is 0 Å². The lowest BCUT2D eigenvalue weighted by atomic mass is 10.2. The van der Waals surface area contributed by atoms with E-state index in [-0.39, 0.29) is 31.1 Å². The zero-order valence-corrected chi connectivity index (χ0v) is 13.3. The summed E-state index contributed by atoms with van der Waals surface area (Å²) in [6, 6.07) is 15.4. The maximum absolute atomic E-state index is 13.8. The van der Waals surface area contributed by atoms with Crippen LogP contribution in [0.4, 0.5) is 15.8 Å². The molecule has 0 saturated carbocycles. The highest BCUT2D eigenvalue weighted by Crippen LogP contribution is 2.21. The summed E-state index contributed by atoms with van der Waals surface area (Å²) < 4.78 is 18.8. The third kappa shape index (κ3) is 4.46. The molecule has 6 heteroatoms. The number of rotatable bonds is 7. The minimum absolute atomic E-state index is 0.0928. The number of ether oxygens (including phenoxy) is 1. The SMILES string of the molecule is COc1ccc(F)c(NCC(=O)N(CCC#N)c2ccccc2)c1. The lowest BCUT2D eigenvalue weighted by molar-refractivity contribution is -0.117. The normalized spacial score (nSPS) is 9.88. The van der Waals surface area contributed by atoms with E-state index in [1.807, 2.05) is 24.3 Å². The van der Waals surface area contributed by atoms with Gasteiger partial charge in [0.2, 0.25) is 5.91 Å². The first-order valence-corrected chi connectivity index (χ1v) is 7.45. The molecule has 2 aromatic rings. The van der Waals surface area contributed by atoms with Crippen LogP contribution < -0.4 is 15.0 Å². The van der Waals surface area contributed by atoms with Gasteiger partial charge in [0.15, 0.2) is 0 Å². The number of hydrogen-bond acceptors (Lipinski definition) is 4. The zero-order valence-electron chi connectivity index (χ0n) is 13.3. The van der Waals surface area contributed by atoms with E-state index in [0.29, 0.717) is 11.4 Å². The van der Waals surface area contributed by atoms with Gasteiger partial charge < -0.3 is 15.0 Å². The first kappa shape index (κ1) is 17.3. The second kappa shape index (κ2) is 8.53. The van der Waals surface area contributed by atoms with Gasteiger partial charge in [0.1, 0.15) is 11.6 Å². The largest absolute Gasteiger partial charge is 0.497 e. The lowest BCUT2D eigenvalue weighted by Gasteiger charge is -2.22. The number of carbonyl (C=O) groups is 1. The van der Waals surface area contributed by atoms with Crippen molar-refractivity contribution in [1.29, 1.82) is 5.26 Å². The first-order chi connectivity index (χ1) is 11.7. The Hall–Kier alpha value is -3.07. The van der Waals surface area contributed by atoms with E-state index in [2.05, 4.69) is 5.32 Å². The standard InChI is InChI=1S/C18H18FN3O2/c1-24-15-8-9-16(19)17(12-15)21-13-18(23)22(11-5-10-20)14-6-3-2-4-7-14/h2-4,6-9,12,21H,5,11,13H2,1H3. The molecule has 0 fully saturated rings. The summed E-state index contributed by atoms with van der Waals surface area (Å²) in [7, 11) is 1.49. The van der Waals surface area contributed by atoms with Gasteiger partial charge in [-0.15, -0.1) is 0 Å². The molecule has 0 heterocycles. The summed E-state index contributed by atoms with van der Waals surface area (Å²) in [5, 5.41) is 11.6. The molecule has 0 aliphatic rings. The minimum atomic E-state index is -0.466. The van der Waals surface area contributed by atoms with Crippen molar-refractivity contribution < 1.29 is 13.9 Å². The number of benzene rings is 2. The number of amides is 1. The second-order valence-electron chi connectivity index (χ2n) is 4.99. The van der Waals surface area contributed by atoms with E-state index < -0.39 is 5.82 Å². The van der Waals surface area contributed by atoms with Crippen molar-refractivity contribution >= 4 is 17.3 Å². The van der Waals surface area contributed by atoms with Gasteiger partial charge >= 0.3 is 0 Å². The monoisotopic (exact) mass is 327 g/mol. The molecule has 5 nitrogen and oxygen atoms in total. The summed E-state index contributed by atoms with van der Waals surface area (Å²) in [6.07, 6.45) is 0.216. The van der Waals surface area contributed by atoms with Crippen LogP contribution in [0.15, 0.2) is 48.5 Å². The van der Waals surface area contributed by atoms with Gasteiger partial charge in [-0.1, -0.05) is 18.2 Å². The number of anilines is 2. The summed E-state index contributed by atoms with van der Waals surface area (Å²) in [5.74, 6) is -0.221. The van der Waals surface area contributed by atoms with Gasteiger partial charge in [-0.3, -0.25) is 4.79 Å². The fourth-order valence-corrected chi connectivity index (χ4v) is 2.20. The molecule has 0 aromatic heterocycles. The average Bonchev–Trinajstić information content (AvgIpc) is 2.62. The molecule has 2 aromatic carbocycles. The van der Waals surface area contributed by atoms with Crippen LogP contribution in [-0.4, -0.2) is 26.1 Å². The number of carbonyl (C=O) groups excluding carboxylic acids is 1. The molecule has 0 atom stereocenters. The molecule has 0 bridgehead atoms. The minimum Gasteiger partial charge on any atom is -0.497 e. The molecule has 0 spiro atoms. The topological polar surface area (TPSA) is 65.4 Å². The van der Waals surface area contributed by atoms with E-state index in [4.69, 9.17) is 10.00 Å². The molecule has 0 saturated heterocycles. The smallest absolute Gasteiger partial charge is 0.246 e. The fraction of sp³-hybridized carbons (Fsp3) is 0.222. The Kier molecular flexibility index (Phi) is 6.15. The van der Waals surface area contributed by atoms with Crippen molar-refractivity contribution in [3.8, 4) is 11.8 Å². The van der Waals surface area contributed by atoms with Crippen molar-refractivity contribution in [1.82, 2.24) is 0 Å². The summed E-state index contributed by atoms with van der Waals surface area (Å²) in [5.41, 5.74) is 0.890. The van der Waals surface area contributed by atoms with Gasteiger partial charge in [-0.2, -0.15) is 5.26 Å². The lowest BCUT2D eigenvalue weighted by Crippen LogP contribution is -2.36. The van der Waals surface area contributed by atoms with Gasteiger partial charge in [-0.05, 0) is 24.3 Å². The number of nitriles is 1. The Morgan fingerprint density at radius 2 is 2.04 bits per heavy atom. The molecule has 0 radical (unpaired) electrons. The van der Waals surface area contributed by atoms with Crippen LogP contribution in [0.3, 0.4) is 0 Å². The van der Waals surface area contributed by atoms with Crippen LogP contribution >= 0.6 is 0 Å². The predicted molar refractivity (Wildman–Crippen MR) is 90.5 cm³/mol. The fourth-order valence-electron chi connectivity index (χ4n) is 2.20. The van der Waals surface area contributed by atoms with Crippen molar-refractivity contribution in [2.24, 2.45) is 0 Å². The highest BCUT2D eigenvalue weighted by atomic mass is 19.1. The molecule has 1 N–H and O–H groups in total. The highest BCUT2D eigenvalue weighted by Gasteiger charge is 2.16. The first-order valence-electron chi connectivity index (χ1n) is 7.45. The third-order valence-corrected chi connectivity index (χ3v) is 3.42. The molecule has 0 unspecified atom stereocenters. The number of nitrogens with zero attached hydrogens (tertiary/aromatic N) is 2. The maximum Gasteiger partial charge on any atom is 0.246 e. The molecule has 124 valence electrons. The molecule has 0 aliphatic heterocycles. The van der Waals surface area contributed by atoms with Gasteiger partial charge in [0.25, 0.3) is 0 Å². The maximum atomic E-state index is 13.8. The van der Waals surface area contributed by atoms with Crippen molar-refractivity contribution in [2.75, 3.05) is 30.4 Å². The Bertz CT molecular complexity index is 729. The molecule has 24 heavy (non-hydrogen) atoms. The number of nitrogens with one attached hydrogen (secondary N) is 1. The number of hydrogen-bond donors (Lipinski definition) is 1. The Morgan fingerprint density at radius 1 is 1.29 bits per heavy atom. The summed E-state index contributed by atoms with van der Waals surface area (Å²) >= 11 is 0. The number of halogens is 1. The Labute approximate surface area is 140 Å². The molecular formula is C18H18FN3O2. The Balaban J connectivity index is 2.09. The van der Waals surface area contributed by atoms with Gasteiger partial charge in [0.05, 0.1) is 31.8 Å². The number of para-hydroxylation sites is 1. The van der Waals surface area contributed by atoms with E-state index in [9.17, 15) is 9.18 Å². The third-order valence-electron chi connectivity index (χ3n) is 3.42. The Morgan fingerprint density at radius 3 is 2.71 bits per heavy atom. The van der Waals surface area contributed by atoms with Crippen LogP contribution in [-0.2, 0) is 4.79 Å². The van der Waals surface area contributed by atoms with E-state index in [1.165, 1.54) is 30.2 Å². The second-order valence-corrected chi connectivity index (χ2v) is 4.99. The highest BCUT2D eigenvalue weighted by molar-refractivity contribution is 5.96. The average molecular weight is 327 g/mol. The molecule has 0 aliphatic carbocycles. The molecule has 2 rings (SSSR count). The quantitative estimate of drug-likeness (QED) is 0.848. The van der Waals surface area contributed by atoms with Crippen LogP contribution in [0.2, 0.25) is 0 Å². The summed E-state index contributed by atoms with van der Waals surface area (Å²) in [4.78, 5) is 14.0. The molecule has 1 amide bonds. The van der Waals surface area contributed by atoms with Crippen LogP contribution in [0.1, 0.15) is 6.42 Å². The van der Waals surface area contributed by atoms with Crippen LogP contribution in [0.5, 0.6) is 5.75 Å². The van der Waals surface area contributed by atoms with Crippen molar-refractivity contribution in [3.63, 3.8) is 0 Å². The predicted octanol–water partition coefficient (Wildman–Crippen LogP) is 3.19. The van der Waals surface area contributed by atoms with E-state index in [1.54, 1.807) is 12.1 Å². The van der Waals surface area contributed by atoms with E-state index >= 15 is 0 Å². The van der Waals surface area contributed by atoms with Gasteiger partial charge in [-0.25, -0.2) is 4.39 Å². The molecular weight excluding hydrogens is 309 g/mol. The van der Waals surface area contributed by atoms with Gasteiger partial charge in [0, 0.05) is 18.3 Å². The van der Waals surface area contributed by atoms with E-state index in [0.717, 1.165) is 0 Å². The zero-order chi connectivity index (χ0) is 17.4. The number of methoxy groups -OCH3 is 1. The van der Waals surface area contributed by atoms with Crippen molar-refractivity contribution in [3.05, 3.63) is 54.3 Å². The van der Waals surface area contributed by atoms with Crippen LogP contribution in [0, 0.1) is 17.1 Å².